The van der Waals surface area contributed by atoms with Gasteiger partial charge in [0.2, 0.25) is 5.43 Å². The topological polar surface area (TPSA) is 109 Å². The number of carboxylic acids is 1. The molecule has 5 rings (SSSR count). The Labute approximate surface area is 209 Å². The molecule has 2 aliphatic carbocycles. The van der Waals surface area contributed by atoms with Crippen LogP contribution in [0, 0.1) is 5.82 Å². The first-order valence-corrected chi connectivity index (χ1v) is 12.6. The number of benzene rings is 2. The number of nitrogen functional groups attached to an aromatic ring is 1. The van der Waals surface area contributed by atoms with E-state index < -0.39 is 22.8 Å². The van der Waals surface area contributed by atoms with Crippen LogP contribution in [0.3, 0.4) is 0 Å². The molecule has 0 radical (unpaired) electrons. The molecule has 0 amide bonds. The summed E-state index contributed by atoms with van der Waals surface area (Å²) in [7, 11) is 0. The van der Waals surface area contributed by atoms with E-state index in [1.54, 1.807) is 10.6 Å². The molecular formula is C28H33FN4O3. The average Bonchev–Trinajstić information content (AvgIpc) is 3.60. The van der Waals surface area contributed by atoms with Crippen molar-refractivity contribution in [3.63, 3.8) is 0 Å². The van der Waals surface area contributed by atoms with E-state index in [0.717, 1.165) is 25.7 Å². The van der Waals surface area contributed by atoms with E-state index in [0.29, 0.717) is 23.5 Å². The van der Waals surface area contributed by atoms with Gasteiger partial charge in [-0.25, -0.2) is 9.18 Å². The van der Waals surface area contributed by atoms with Crippen LogP contribution in [0.2, 0.25) is 0 Å². The van der Waals surface area contributed by atoms with E-state index in [9.17, 15) is 14.7 Å². The lowest BCUT2D eigenvalue weighted by Gasteiger charge is -2.49. The molecule has 8 heteroatoms. The van der Waals surface area contributed by atoms with Crippen molar-refractivity contribution in [1.82, 2.24) is 9.88 Å². The molecular weight excluding hydrogens is 459 g/mol. The number of rotatable bonds is 8. The van der Waals surface area contributed by atoms with Crippen molar-refractivity contribution in [2.24, 2.45) is 0 Å². The van der Waals surface area contributed by atoms with Crippen LogP contribution in [-0.2, 0) is 0 Å². The van der Waals surface area contributed by atoms with Gasteiger partial charge in [0.05, 0.1) is 22.3 Å². The SMILES string of the molecule is CCC1(Nc2cc3c(c(N)c2F)c(=O)c(C(=O)O)cn3C(C)C)CC(N[C@@H]2C[C@H]2c2ccccc2)C1. The molecule has 2 fully saturated rings. The predicted molar refractivity (Wildman–Crippen MR) is 140 cm³/mol. The lowest BCUT2D eigenvalue weighted by molar-refractivity contribution is 0.0694. The summed E-state index contributed by atoms with van der Waals surface area (Å²) in [6, 6.07) is 12.8. The molecule has 1 aromatic heterocycles. The normalized spacial score (nSPS) is 25.1. The number of pyridine rings is 1. The number of carboxylic acid groups (broad SMARTS) is 1. The highest BCUT2D eigenvalue weighted by Crippen LogP contribution is 2.45. The van der Waals surface area contributed by atoms with Crippen LogP contribution in [-0.4, -0.2) is 33.3 Å². The fraction of sp³-hybridized carbons (Fsp3) is 0.429. The molecule has 2 atom stereocenters. The van der Waals surface area contributed by atoms with E-state index in [2.05, 4.69) is 41.8 Å². The Hall–Kier alpha value is -3.39. The fourth-order valence-electron chi connectivity index (χ4n) is 5.70. The number of anilines is 2. The van der Waals surface area contributed by atoms with Crippen molar-refractivity contribution < 1.29 is 14.3 Å². The lowest BCUT2D eigenvalue weighted by atomic mass is 9.70. The first-order chi connectivity index (χ1) is 17.1. The number of fused-ring (bicyclic) bond motifs is 1. The summed E-state index contributed by atoms with van der Waals surface area (Å²) in [5, 5.41) is 16.5. The monoisotopic (exact) mass is 492 g/mol. The third kappa shape index (κ3) is 4.13. The smallest absolute Gasteiger partial charge is 0.341 e. The van der Waals surface area contributed by atoms with Crippen LogP contribution < -0.4 is 21.8 Å². The van der Waals surface area contributed by atoms with Crippen LogP contribution in [0.5, 0.6) is 0 Å². The van der Waals surface area contributed by atoms with Crippen molar-refractivity contribution in [2.75, 3.05) is 11.1 Å². The lowest BCUT2D eigenvalue weighted by Crippen LogP contribution is -2.58. The number of halogens is 1. The molecule has 2 aliphatic rings. The molecule has 0 spiro atoms. The summed E-state index contributed by atoms with van der Waals surface area (Å²) in [6.45, 7) is 5.83. The Morgan fingerprint density at radius 3 is 2.58 bits per heavy atom. The van der Waals surface area contributed by atoms with Crippen molar-refractivity contribution in [3.05, 3.63) is 69.8 Å². The zero-order valence-corrected chi connectivity index (χ0v) is 20.8. The standard InChI is InChI=1S/C28H33FN4O3/c1-4-28(12-17(13-28)31-20-10-18(20)16-8-6-5-7-9-16)32-21-11-22-23(25(30)24(21)29)26(34)19(27(35)36)14-33(22)15(2)3/h5-9,11,14-15,17-18,20,31-32H,4,10,12-13,30H2,1-3H3,(H,35,36)/t17?,18-,20+,28?/m0/s1. The van der Waals surface area contributed by atoms with Gasteiger partial charge >= 0.3 is 5.97 Å². The van der Waals surface area contributed by atoms with Gasteiger partial charge < -0.3 is 26.0 Å². The summed E-state index contributed by atoms with van der Waals surface area (Å²) >= 11 is 0. The quantitative estimate of drug-likeness (QED) is 0.334. The van der Waals surface area contributed by atoms with E-state index in [1.165, 1.54) is 11.8 Å². The highest BCUT2D eigenvalue weighted by Gasteiger charge is 2.47. The van der Waals surface area contributed by atoms with Crippen molar-refractivity contribution in [1.29, 1.82) is 0 Å². The molecule has 190 valence electrons. The number of hydrogen-bond acceptors (Lipinski definition) is 5. The molecule has 0 bridgehead atoms. The summed E-state index contributed by atoms with van der Waals surface area (Å²) < 4.78 is 17.1. The second-order valence-electron chi connectivity index (χ2n) is 10.6. The summed E-state index contributed by atoms with van der Waals surface area (Å²) in [4.78, 5) is 24.5. The molecule has 0 saturated heterocycles. The number of nitrogens with one attached hydrogen (secondary N) is 2. The molecule has 36 heavy (non-hydrogen) atoms. The fourth-order valence-corrected chi connectivity index (χ4v) is 5.70. The minimum atomic E-state index is -1.36. The Bertz CT molecular complexity index is 1380. The largest absolute Gasteiger partial charge is 0.477 e. The molecule has 2 saturated carbocycles. The molecule has 1 heterocycles. The van der Waals surface area contributed by atoms with Gasteiger partial charge in [0.1, 0.15) is 5.56 Å². The first kappa shape index (κ1) is 24.3. The van der Waals surface area contributed by atoms with Crippen molar-refractivity contribution >= 4 is 28.2 Å². The molecule has 5 N–H and O–H groups in total. The highest BCUT2D eigenvalue weighted by atomic mass is 19.1. The zero-order valence-electron chi connectivity index (χ0n) is 20.8. The van der Waals surface area contributed by atoms with E-state index in [1.807, 2.05) is 19.9 Å². The van der Waals surface area contributed by atoms with Gasteiger partial charge in [-0.3, -0.25) is 4.79 Å². The van der Waals surface area contributed by atoms with Crippen molar-refractivity contribution in [2.45, 2.75) is 76.0 Å². The number of aromatic carboxylic acids is 1. The van der Waals surface area contributed by atoms with E-state index in [4.69, 9.17) is 5.73 Å². The Kier molecular flexibility index (Phi) is 6.03. The Balaban J connectivity index is 1.38. The van der Waals surface area contributed by atoms with Crippen molar-refractivity contribution in [3.8, 4) is 0 Å². The van der Waals surface area contributed by atoms with Crippen LogP contribution in [0.25, 0.3) is 10.9 Å². The van der Waals surface area contributed by atoms with Crippen LogP contribution in [0.15, 0.2) is 47.4 Å². The molecule has 3 aromatic rings. The Morgan fingerprint density at radius 1 is 1.28 bits per heavy atom. The average molecular weight is 493 g/mol. The third-order valence-corrected chi connectivity index (χ3v) is 7.90. The van der Waals surface area contributed by atoms with Gasteiger partial charge in [0, 0.05) is 35.8 Å². The highest BCUT2D eigenvalue weighted by molar-refractivity contribution is 5.99. The van der Waals surface area contributed by atoms with Gasteiger partial charge in [0.25, 0.3) is 0 Å². The van der Waals surface area contributed by atoms with Gasteiger partial charge in [-0.2, -0.15) is 0 Å². The zero-order chi connectivity index (χ0) is 25.8. The van der Waals surface area contributed by atoms with Gasteiger partial charge in [-0.1, -0.05) is 37.3 Å². The second-order valence-corrected chi connectivity index (χ2v) is 10.6. The minimum Gasteiger partial charge on any atom is -0.477 e. The minimum absolute atomic E-state index is 0.0916. The molecule has 0 aliphatic heterocycles. The Morgan fingerprint density at radius 2 is 1.97 bits per heavy atom. The summed E-state index contributed by atoms with van der Waals surface area (Å²) in [5.41, 5.74) is 6.36. The number of aromatic nitrogens is 1. The van der Waals surface area contributed by atoms with Crippen LogP contribution in [0.4, 0.5) is 15.8 Å². The van der Waals surface area contributed by atoms with E-state index in [-0.39, 0.29) is 28.3 Å². The maximum absolute atomic E-state index is 15.5. The van der Waals surface area contributed by atoms with E-state index >= 15 is 4.39 Å². The molecule has 0 unspecified atom stereocenters. The molecule has 2 aromatic carbocycles. The number of nitrogens with zero attached hydrogens (tertiary/aromatic N) is 1. The first-order valence-electron chi connectivity index (χ1n) is 12.6. The third-order valence-electron chi connectivity index (χ3n) is 7.90. The molecule has 7 nitrogen and oxygen atoms in total. The summed E-state index contributed by atoms with van der Waals surface area (Å²) in [6.07, 6.45) is 4.97. The maximum atomic E-state index is 15.5. The number of carbonyl (C=O) groups is 1. The maximum Gasteiger partial charge on any atom is 0.341 e. The predicted octanol–water partition coefficient (Wildman–Crippen LogP) is 4.87. The van der Waals surface area contributed by atoms with Crippen LogP contribution >= 0.6 is 0 Å². The second kappa shape index (κ2) is 8.92. The van der Waals surface area contributed by atoms with Gasteiger partial charge in [-0.15, -0.1) is 0 Å². The number of hydrogen-bond donors (Lipinski definition) is 4. The van der Waals surface area contributed by atoms with Crippen LogP contribution in [0.1, 0.15) is 74.3 Å². The number of nitrogens with two attached hydrogens (primary N) is 1. The van der Waals surface area contributed by atoms with Gasteiger partial charge in [0.15, 0.2) is 5.82 Å². The summed E-state index contributed by atoms with van der Waals surface area (Å²) in [5.74, 6) is -1.52. The van der Waals surface area contributed by atoms with Gasteiger partial charge in [-0.05, 0) is 51.2 Å².